The normalized spacial score (nSPS) is 23.6. The molecule has 2 rings (SSSR count). The van der Waals surface area contributed by atoms with Crippen molar-refractivity contribution in [1.82, 2.24) is 15.0 Å². The van der Waals surface area contributed by atoms with Crippen LogP contribution in [0.25, 0.3) is 0 Å². The number of anilines is 2. The first-order chi connectivity index (χ1) is 8.17. The van der Waals surface area contributed by atoms with Crippen molar-refractivity contribution < 1.29 is 4.74 Å². The number of hydrogen-bond donors (Lipinski definition) is 2. The average Bonchev–Trinajstić information content (AvgIpc) is 2.63. The summed E-state index contributed by atoms with van der Waals surface area (Å²) in [5, 5.41) is 3.29. The second-order valence-electron chi connectivity index (χ2n) is 4.49. The minimum atomic E-state index is 0.192. The molecule has 2 unspecified atom stereocenters. The van der Waals surface area contributed by atoms with Crippen molar-refractivity contribution in [2.24, 2.45) is 5.92 Å². The van der Waals surface area contributed by atoms with Crippen molar-refractivity contribution in [3.05, 3.63) is 0 Å². The molecule has 1 heterocycles. The molecule has 6 nitrogen and oxygen atoms in total. The Balaban J connectivity index is 2.04. The maximum Gasteiger partial charge on any atom is 0.323 e. The molecule has 1 aliphatic carbocycles. The highest BCUT2D eigenvalue weighted by Gasteiger charge is 2.22. The van der Waals surface area contributed by atoms with E-state index in [0.29, 0.717) is 18.6 Å². The topological polar surface area (TPSA) is 86.0 Å². The van der Waals surface area contributed by atoms with Crippen molar-refractivity contribution in [2.75, 3.05) is 17.7 Å². The first-order valence-electron chi connectivity index (χ1n) is 6.08. The summed E-state index contributed by atoms with van der Waals surface area (Å²) in [4.78, 5) is 12.2. The minimum absolute atomic E-state index is 0.192. The molecule has 1 aliphatic rings. The van der Waals surface area contributed by atoms with Gasteiger partial charge in [0.2, 0.25) is 11.9 Å². The van der Waals surface area contributed by atoms with Crippen LogP contribution >= 0.6 is 0 Å². The van der Waals surface area contributed by atoms with E-state index in [0.717, 1.165) is 18.8 Å². The molecule has 1 aromatic heterocycles. The predicted octanol–water partition coefficient (Wildman–Crippen LogP) is 1.45. The SMILES string of the molecule is CCOc1nc(N)nc(NC2CCC(C)C2)n1. The van der Waals surface area contributed by atoms with Crippen molar-refractivity contribution in [1.29, 1.82) is 0 Å². The lowest BCUT2D eigenvalue weighted by Crippen LogP contribution is -2.18. The van der Waals surface area contributed by atoms with Crippen LogP contribution in [0.3, 0.4) is 0 Å². The van der Waals surface area contributed by atoms with Crippen molar-refractivity contribution in [2.45, 2.75) is 39.2 Å². The Morgan fingerprint density at radius 2 is 2.18 bits per heavy atom. The average molecular weight is 237 g/mol. The Hall–Kier alpha value is -1.59. The smallest absolute Gasteiger partial charge is 0.323 e. The Morgan fingerprint density at radius 1 is 1.35 bits per heavy atom. The van der Waals surface area contributed by atoms with Gasteiger partial charge in [0.05, 0.1) is 6.61 Å². The Bertz CT molecular complexity index is 384. The van der Waals surface area contributed by atoms with E-state index in [-0.39, 0.29) is 12.0 Å². The number of rotatable bonds is 4. The van der Waals surface area contributed by atoms with Crippen LogP contribution in [0, 0.1) is 5.92 Å². The van der Waals surface area contributed by atoms with Gasteiger partial charge in [-0.3, -0.25) is 0 Å². The van der Waals surface area contributed by atoms with Crippen LogP contribution in [-0.4, -0.2) is 27.6 Å². The fourth-order valence-corrected chi connectivity index (χ4v) is 2.15. The molecule has 0 spiro atoms. The lowest BCUT2D eigenvalue weighted by atomic mass is 10.1. The molecular formula is C11H19N5O. The quantitative estimate of drug-likeness (QED) is 0.824. The Labute approximate surface area is 101 Å². The third-order valence-electron chi connectivity index (χ3n) is 2.93. The minimum Gasteiger partial charge on any atom is -0.464 e. The molecule has 0 aliphatic heterocycles. The summed E-state index contributed by atoms with van der Waals surface area (Å²) in [5.41, 5.74) is 5.61. The maximum atomic E-state index is 5.61. The summed E-state index contributed by atoms with van der Waals surface area (Å²) in [6.45, 7) is 4.66. The van der Waals surface area contributed by atoms with Crippen LogP contribution in [0.15, 0.2) is 0 Å². The zero-order valence-electron chi connectivity index (χ0n) is 10.3. The van der Waals surface area contributed by atoms with Crippen LogP contribution in [0.1, 0.15) is 33.1 Å². The molecule has 0 bridgehead atoms. The summed E-state index contributed by atoms with van der Waals surface area (Å²) in [5.74, 6) is 1.47. The van der Waals surface area contributed by atoms with E-state index in [1.807, 2.05) is 6.92 Å². The third kappa shape index (κ3) is 3.18. The second kappa shape index (κ2) is 5.16. The van der Waals surface area contributed by atoms with Gasteiger partial charge in [-0.05, 0) is 32.1 Å². The van der Waals surface area contributed by atoms with Crippen LogP contribution in [0.4, 0.5) is 11.9 Å². The molecule has 1 aromatic rings. The van der Waals surface area contributed by atoms with Crippen LogP contribution in [-0.2, 0) is 0 Å². The van der Waals surface area contributed by atoms with E-state index in [1.54, 1.807) is 0 Å². The number of nitrogens with two attached hydrogens (primary N) is 1. The second-order valence-corrected chi connectivity index (χ2v) is 4.49. The van der Waals surface area contributed by atoms with Gasteiger partial charge < -0.3 is 15.8 Å². The van der Waals surface area contributed by atoms with Gasteiger partial charge in [-0.2, -0.15) is 15.0 Å². The van der Waals surface area contributed by atoms with Gasteiger partial charge in [-0.15, -0.1) is 0 Å². The standard InChI is InChI=1S/C11H19N5O/c1-3-17-11-15-9(12)14-10(16-11)13-8-5-4-7(2)6-8/h7-8H,3-6H2,1-2H3,(H3,12,13,14,15,16). The van der Waals surface area contributed by atoms with Crippen molar-refractivity contribution in [3.63, 3.8) is 0 Å². The summed E-state index contributed by atoms with van der Waals surface area (Å²) < 4.78 is 5.23. The van der Waals surface area contributed by atoms with Crippen LogP contribution < -0.4 is 15.8 Å². The number of nitrogens with zero attached hydrogens (tertiary/aromatic N) is 3. The molecule has 2 atom stereocenters. The van der Waals surface area contributed by atoms with Gasteiger partial charge in [0.15, 0.2) is 0 Å². The highest BCUT2D eigenvalue weighted by Crippen LogP contribution is 2.26. The third-order valence-corrected chi connectivity index (χ3v) is 2.93. The van der Waals surface area contributed by atoms with Crippen LogP contribution in [0.2, 0.25) is 0 Å². The number of hydrogen-bond acceptors (Lipinski definition) is 6. The Kier molecular flexibility index (Phi) is 3.61. The van der Waals surface area contributed by atoms with E-state index in [1.165, 1.54) is 6.42 Å². The zero-order chi connectivity index (χ0) is 12.3. The molecule has 0 saturated heterocycles. The molecule has 94 valence electrons. The highest BCUT2D eigenvalue weighted by atomic mass is 16.5. The maximum absolute atomic E-state index is 5.61. The lowest BCUT2D eigenvalue weighted by molar-refractivity contribution is 0.312. The summed E-state index contributed by atoms with van der Waals surface area (Å²) in [6, 6.07) is 0.717. The summed E-state index contributed by atoms with van der Waals surface area (Å²) >= 11 is 0. The fourth-order valence-electron chi connectivity index (χ4n) is 2.15. The van der Waals surface area contributed by atoms with E-state index in [4.69, 9.17) is 10.5 Å². The van der Waals surface area contributed by atoms with Crippen LogP contribution in [0.5, 0.6) is 6.01 Å². The van der Waals surface area contributed by atoms with Gasteiger partial charge in [0.25, 0.3) is 0 Å². The molecule has 3 N–H and O–H groups in total. The van der Waals surface area contributed by atoms with Gasteiger partial charge in [-0.1, -0.05) is 6.92 Å². The molecule has 1 fully saturated rings. The molecule has 1 saturated carbocycles. The molecule has 6 heteroatoms. The van der Waals surface area contributed by atoms with E-state index in [2.05, 4.69) is 27.2 Å². The zero-order valence-corrected chi connectivity index (χ0v) is 10.3. The molecule has 0 aromatic carbocycles. The summed E-state index contributed by atoms with van der Waals surface area (Å²) in [7, 11) is 0. The fraction of sp³-hybridized carbons (Fsp3) is 0.727. The van der Waals surface area contributed by atoms with Gasteiger partial charge >= 0.3 is 6.01 Å². The number of aromatic nitrogens is 3. The number of ether oxygens (including phenoxy) is 1. The van der Waals surface area contributed by atoms with E-state index < -0.39 is 0 Å². The highest BCUT2D eigenvalue weighted by molar-refractivity contribution is 5.33. The van der Waals surface area contributed by atoms with E-state index in [9.17, 15) is 0 Å². The van der Waals surface area contributed by atoms with Gasteiger partial charge in [-0.25, -0.2) is 0 Å². The largest absolute Gasteiger partial charge is 0.464 e. The van der Waals surface area contributed by atoms with Gasteiger partial charge in [0.1, 0.15) is 0 Å². The first-order valence-corrected chi connectivity index (χ1v) is 6.08. The number of nitrogens with one attached hydrogen (secondary N) is 1. The molecule has 0 radical (unpaired) electrons. The number of nitrogen functional groups attached to an aromatic ring is 1. The molecule has 0 amide bonds. The lowest BCUT2D eigenvalue weighted by Gasteiger charge is -2.12. The van der Waals surface area contributed by atoms with Crippen molar-refractivity contribution >= 4 is 11.9 Å². The molecule has 17 heavy (non-hydrogen) atoms. The predicted molar refractivity (Wildman–Crippen MR) is 65.8 cm³/mol. The Morgan fingerprint density at radius 3 is 2.82 bits per heavy atom. The summed E-state index contributed by atoms with van der Waals surface area (Å²) in [6.07, 6.45) is 3.54. The first kappa shape index (κ1) is 11.9. The monoisotopic (exact) mass is 237 g/mol. The van der Waals surface area contributed by atoms with Gasteiger partial charge in [0, 0.05) is 6.04 Å². The van der Waals surface area contributed by atoms with Crippen molar-refractivity contribution in [3.8, 4) is 6.01 Å². The van der Waals surface area contributed by atoms with E-state index >= 15 is 0 Å². The molecular weight excluding hydrogens is 218 g/mol.